The number of ether oxygens (including phenoxy) is 2. The van der Waals surface area contributed by atoms with Crippen LogP contribution in [0, 0.1) is 0 Å². The van der Waals surface area contributed by atoms with E-state index in [1.165, 1.54) is 11.3 Å². The van der Waals surface area contributed by atoms with Crippen molar-refractivity contribution in [1.82, 2.24) is 5.32 Å². The van der Waals surface area contributed by atoms with Gasteiger partial charge in [0.1, 0.15) is 11.5 Å². The van der Waals surface area contributed by atoms with Crippen molar-refractivity contribution in [2.24, 2.45) is 0 Å². The summed E-state index contributed by atoms with van der Waals surface area (Å²) < 4.78 is 10.6. The quantitative estimate of drug-likeness (QED) is 0.673. The Hall–Kier alpha value is -2.79. The van der Waals surface area contributed by atoms with Gasteiger partial charge in [0.05, 0.1) is 19.1 Å². The first kappa shape index (κ1) is 18.0. The molecule has 1 amide bonds. The van der Waals surface area contributed by atoms with Gasteiger partial charge in [-0.25, -0.2) is 0 Å². The van der Waals surface area contributed by atoms with E-state index in [1.54, 1.807) is 14.2 Å². The molecule has 0 atom stereocenters. The maximum atomic E-state index is 12.6. The van der Waals surface area contributed by atoms with Gasteiger partial charge in [-0.3, -0.25) is 4.79 Å². The molecule has 1 aromatic heterocycles. The largest absolute Gasteiger partial charge is 0.497 e. The smallest absolute Gasteiger partial charge is 0.261 e. The predicted octanol–water partition coefficient (Wildman–Crippen LogP) is 4.40. The zero-order chi connectivity index (χ0) is 18.4. The second-order valence-corrected chi connectivity index (χ2v) is 6.63. The molecule has 0 aliphatic rings. The van der Waals surface area contributed by atoms with Crippen LogP contribution in [-0.4, -0.2) is 26.7 Å². The van der Waals surface area contributed by atoms with Crippen LogP contribution in [0.1, 0.15) is 15.2 Å². The lowest BCUT2D eigenvalue weighted by molar-refractivity contribution is 0.0958. The van der Waals surface area contributed by atoms with E-state index < -0.39 is 0 Å². The van der Waals surface area contributed by atoms with Gasteiger partial charge in [-0.1, -0.05) is 30.3 Å². The van der Waals surface area contributed by atoms with Crippen molar-refractivity contribution in [3.05, 3.63) is 70.4 Å². The molecule has 0 fully saturated rings. The average molecular weight is 367 g/mol. The second kappa shape index (κ2) is 8.54. The molecule has 0 spiro atoms. The molecule has 3 aromatic rings. The summed E-state index contributed by atoms with van der Waals surface area (Å²) in [7, 11) is 3.27. The van der Waals surface area contributed by atoms with E-state index in [-0.39, 0.29) is 5.91 Å². The molecule has 0 bridgehead atoms. The minimum Gasteiger partial charge on any atom is -0.497 e. The molecule has 0 radical (unpaired) electrons. The number of carbonyl (C=O) groups is 1. The number of hydrogen-bond donors (Lipinski definition) is 1. The van der Waals surface area contributed by atoms with E-state index in [4.69, 9.17) is 9.47 Å². The molecule has 3 rings (SSSR count). The van der Waals surface area contributed by atoms with Gasteiger partial charge in [0.25, 0.3) is 5.91 Å². The molecule has 4 nitrogen and oxygen atoms in total. The predicted molar refractivity (Wildman–Crippen MR) is 105 cm³/mol. The van der Waals surface area contributed by atoms with Crippen molar-refractivity contribution < 1.29 is 14.3 Å². The summed E-state index contributed by atoms with van der Waals surface area (Å²) in [5, 5.41) is 4.95. The highest BCUT2D eigenvalue weighted by molar-refractivity contribution is 7.12. The molecule has 5 heteroatoms. The SMILES string of the molecule is COc1ccc(OC)c(CCNC(=O)c2sccc2-c2ccccc2)c1. The van der Waals surface area contributed by atoms with Crippen LogP contribution in [0.4, 0.5) is 0 Å². The van der Waals surface area contributed by atoms with Gasteiger partial charge < -0.3 is 14.8 Å². The summed E-state index contributed by atoms with van der Waals surface area (Å²) in [5.41, 5.74) is 3.02. The van der Waals surface area contributed by atoms with Gasteiger partial charge in [-0.15, -0.1) is 11.3 Å². The van der Waals surface area contributed by atoms with Crippen LogP contribution in [0.25, 0.3) is 11.1 Å². The molecular formula is C21H21NO3S. The van der Waals surface area contributed by atoms with Crippen LogP contribution in [-0.2, 0) is 6.42 Å². The molecule has 1 N–H and O–H groups in total. The van der Waals surface area contributed by atoms with Crippen LogP contribution >= 0.6 is 11.3 Å². The van der Waals surface area contributed by atoms with Gasteiger partial charge in [0.2, 0.25) is 0 Å². The van der Waals surface area contributed by atoms with Gasteiger partial charge in [0.15, 0.2) is 0 Å². The molecule has 0 saturated heterocycles. The number of hydrogen-bond acceptors (Lipinski definition) is 4. The van der Waals surface area contributed by atoms with Crippen molar-refractivity contribution >= 4 is 17.2 Å². The number of amides is 1. The third-order valence-electron chi connectivity index (χ3n) is 4.12. The highest BCUT2D eigenvalue weighted by atomic mass is 32.1. The summed E-state index contributed by atoms with van der Waals surface area (Å²) >= 11 is 1.46. The number of carbonyl (C=O) groups excluding carboxylic acids is 1. The molecule has 134 valence electrons. The Kier molecular flexibility index (Phi) is 5.92. The van der Waals surface area contributed by atoms with E-state index in [1.807, 2.05) is 60.0 Å². The molecule has 2 aromatic carbocycles. The maximum Gasteiger partial charge on any atom is 0.261 e. The third kappa shape index (κ3) is 4.06. The van der Waals surface area contributed by atoms with E-state index >= 15 is 0 Å². The lowest BCUT2D eigenvalue weighted by atomic mass is 10.1. The Morgan fingerprint density at radius 3 is 2.58 bits per heavy atom. The standard InChI is InChI=1S/C21H21NO3S/c1-24-17-8-9-19(25-2)16(14-17)10-12-22-21(23)20-18(11-13-26-20)15-6-4-3-5-7-15/h3-9,11,13-14H,10,12H2,1-2H3,(H,22,23). The van der Waals surface area contributed by atoms with E-state index in [9.17, 15) is 4.79 Å². The molecular weight excluding hydrogens is 346 g/mol. The monoisotopic (exact) mass is 367 g/mol. The summed E-state index contributed by atoms with van der Waals surface area (Å²) in [5.74, 6) is 1.51. The Bertz CT molecular complexity index is 874. The van der Waals surface area contributed by atoms with E-state index in [0.29, 0.717) is 13.0 Å². The minimum atomic E-state index is -0.0549. The fraction of sp³-hybridized carbons (Fsp3) is 0.190. The Morgan fingerprint density at radius 1 is 1.04 bits per heavy atom. The first-order valence-electron chi connectivity index (χ1n) is 8.35. The third-order valence-corrected chi connectivity index (χ3v) is 5.04. The lowest BCUT2D eigenvalue weighted by Crippen LogP contribution is -2.25. The number of methoxy groups -OCH3 is 2. The molecule has 0 unspecified atom stereocenters. The minimum absolute atomic E-state index is 0.0549. The molecule has 1 heterocycles. The summed E-state index contributed by atoms with van der Waals surface area (Å²) in [6.07, 6.45) is 0.665. The Morgan fingerprint density at radius 2 is 1.85 bits per heavy atom. The van der Waals surface area contributed by atoms with Gasteiger partial charge in [0, 0.05) is 12.1 Å². The maximum absolute atomic E-state index is 12.6. The van der Waals surface area contributed by atoms with Crippen molar-refractivity contribution in [1.29, 1.82) is 0 Å². The van der Waals surface area contributed by atoms with Crippen molar-refractivity contribution in [3.63, 3.8) is 0 Å². The van der Waals surface area contributed by atoms with Crippen LogP contribution in [0.2, 0.25) is 0 Å². The molecule has 0 aliphatic carbocycles. The normalized spacial score (nSPS) is 10.4. The van der Waals surface area contributed by atoms with Crippen molar-refractivity contribution in [3.8, 4) is 22.6 Å². The summed E-state index contributed by atoms with van der Waals surface area (Å²) in [4.78, 5) is 13.3. The highest BCUT2D eigenvalue weighted by Crippen LogP contribution is 2.28. The number of nitrogens with one attached hydrogen (secondary N) is 1. The summed E-state index contributed by atoms with van der Waals surface area (Å²) in [6, 6.07) is 17.6. The van der Waals surface area contributed by atoms with Gasteiger partial charge >= 0.3 is 0 Å². The van der Waals surface area contributed by atoms with Crippen LogP contribution in [0.3, 0.4) is 0 Å². The molecule has 26 heavy (non-hydrogen) atoms. The van der Waals surface area contributed by atoms with Crippen molar-refractivity contribution in [2.45, 2.75) is 6.42 Å². The van der Waals surface area contributed by atoms with Crippen LogP contribution in [0.5, 0.6) is 11.5 Å². The Labute approximate surface area is 157 Å². The highest BCUT2D eigenvalue weighted by Gasteiger charge is 2.14. The zero-order valence-corrected chi connectivity index (χ0v) is 15.6. The lowest BCUT2D eigenvalue weighted by Gasteiger charge is -2.11. The Balaban J connectivity index is 1.67. The van der Waals surface area contributed by atoms with Crippen molar-refractivity contribution in [2.75, 3.05) is 20.8 Å². The number of benzene rings is 2. The fourth-order valence-corrected chi connectivity index (χ4v) is 3.63. The second-order valence-electron chi connectivity index (χ2n) is 5.71. The van der Waals surface area contributed by atoms with E-state index in [0.717, 1.165) is 33.1 Å². The number of thiophene rings is 1. The van der Waals surface area contributed by atoms with Gasteiger partial charge in [-0.2, -0.15) is 0 Å². The topological polar surface area (TPSA) is 47.6 Å². The fourth-order valence-electron chi connectivity index (χ4n) is 2.80. The molecule has 0 saturated carbocycles. The first-order chi connectivity index (χ1) is 12.7. The van der Waals surface area contributed by atoms with Gasteiger partial charge in [-0.05, 0) is 47.2 Å². The van der Waals surface area contributed by atoms with Crippen LogP contribution in [0.15, 0.2) is 60.0 Å². The average Bonchev–Trinajstić information content (AvgIpc) is 3.18. The molecule has 0 aliphatic heterocycles. The van der Waals surface area contributed by atoms with E-state index in [2.05, 4.69) is 5.32 Å². The number of rotatable bonds is 7. The zero-order valence-electron chi connectivity index (χ0n) is 14.8. The van der Waals surface area contributed by atoms with Crippen LogP contribution < -0.4 is 14.8 Å². The summed E-state index contributed by atoms with van der Waals surface area (Å²) in [6.45, 7) is 0.522. The first-order valence-corrected chi connectivity index (χ1v) is 9.23.